The van der Waals surface area contributed by atoms with Gasteiger partial charge in [0.15, 0.2) is 6.61 Å². The van der Waals surface area contributed by atoms with Crippen LogP contribution in [0.15, 0.2) is 66.7 Å². The maximum Gasteiger partial charge on any atom is 0.422 e. The Morgan fingerprint density at radius 3 is 2.17 bits per heavy atom. The fourth-order valence-electron chi connectivity index (χ4n) is 2.81. The van der Waals surface area contributed by atoms with Gasteiger partial charge in [0.25, 0.3) is 0 Å². The van der Waals surface area contributed by atoms with Crippen molar-refractivity contribution in [1.82, 2.24) is 4.98 Å². The first-order valence-corrected chi connectivity index (χ1v) is 9.85. The molecule has 0 bridgehead atoms. The normalized spacial score (nSPS) is 12.0. The van der Waals surface area contributed by atoms with Gasteiger partial charge < -0.3 is 9.84 Å². The van der Waals surface area contributed by atoms with E-state index in [9.17, 15) is 18.3 Å². The molecule has 0 saturated heterocycles. The SMILES string of the molecule is Oc1ccc2nc(-c3ccc(/C=C/c4ccc(OCC(F)(F)F)cc4)cc3)sc2c1. The highest BCUT2D eigenvalue weighted by molar-refractivity contribution is 7.21. The molecule has 7 heteroatoms. The highest BCUT2D eigenvalue weighted by Gasteiger charge is 2.28. The van der Waals surface area contributed by atoms with Crippen molar-refractivity contribution in [1.29, 1.82) is 0 Å². The number of benzene rings is 3. The van der Waals surface area contributed by atoms with Crippen LogP contribution in [0.2, 0.25) is 0 Å². The molecule has 30 heavy (non-hydrogen) atoms. The first-order chi connectivity index (χ1) is 14.4. The first-order valence-electron chi connectivity index (χ1n) is 9.03. The quantitative estimate of drug-likeness (QED) is 0.357. The van der Waals surface area contributed by atoms with Gasteiger partial charge in [-0.3, -0.25) is 0 Å². The number of alkyl halides is 3. The Hall–Kier alpha value is -3.32. The lowest BCUT2D eigenvalue weighted by Gasteiger charge is -2.08. The summed E-state index contributed by atoms with van der Waals surface area (Å²) in [4.78, 5) is 4.59. The number of hydrogen-bond donors (Lipinski definition) is 1. The third kappa shape index (κ3) is 4.99. The number of halogens is 3. The van der Waals surface area contributed by atoms with Gasteiger partial charge in [0.05, 0.1) is 10.2 Å². The van der Waals surface area contributed by atoms with E-state index in [-0.39, 0.29) is 11.5 Å². The molecule has 0 unspecified atom stereocenters. The van der Waals surface area contributed by atoms with E-state index in [1.165, 1.54) is 23.5 Å². The van der Waals surface area contributed by atoms with E-state index in [1.807, 2.05) is 36.4 Å². The number of rotatable bonds is 5. The summed E-state index contributed by atoms with van der Waals surface area (Å²) in [6.07, 6.45) is -0.549. The fourth-order valence-corrected chi connectivity index (χ4v) is 3.81. The number of thiazole rings is 1. The van der Waals surface area contributed by atoms with Crippen LogP contribution in [0.1, 0.15) is 11.1 Å². The van der Waals surface area contributed by atoms with Gasteiger partial charge in [-0.1, -0.05) is 48.6 Å². The summed E-state index contributed by atoms with van der Waals surface area (Å²) in [5, 5.41) is 10.5. The number of fused-ring (bicyclic) bond motifs is 1. The van der Waals surface area contributed by atoms with Crippen molar-refractivity contribution in [3.05, 3.63) is 77.9 Å². The van der Waals surface area contributed by atoms with Crippen LogP contribution >= 0.6 is 11.3 Å². The maximum absolute atomic E-state index is 12.2. The molecule has 0 fully saturated rings. The molecule has 0 atom stereocenters. The van der Waals surface area contributed by atoms with E-state index >= 15 is 0 Å². The molecular formula is C23H16F3NO2S. The highest BCUT2D eigenvalue weighted by Crippen LogP contribution is 2.32. The van der Waals surface area contributed by atoms with Crippen molar-refractivity contribution in [2.24, 2.45) is 0 Å². The topological polar surface area (TPSA) is 42.4 Å². The highest BCUT2D eigenvalue weighted by atomic mass is 32.1. The summed E-state index contributed by atoms with van der Waals surface area (Å²) >= 11 is 1.52. The van der Waals surface area contributed by atoms with Crippen molar-refractivity contribution < 1.29 is 23.0 Å². The van der Waals surface area contributed by atoms with Gasteiger partial charge in [-0.2, -0.15) is 13.2 Å². The van der Waals surface area contributed by atoms with Crippen LogP contribution in [0, 0.1) is 0 Å². The lowest BCUT2D eigenvalue weighted by atomic mass is 10.1. The molecule has 0 spiro atoms. The third-order valence-electron chi connectivity index (χ3n) is 4.28. The van der Waals surface area contributed by atoms with Gasteiger partial charge in [0, 0.05) is 5.56 Å². The number of hydrogen-bond acceptors (Lipinski definition) is 4. The van der Waals surface area contributed by atoms with Crippen LogP contribution < -0.4 is 4.74 Å². The molecule has 0 aliphatic carbocycles. The van der Waals surface area contributed by atoms with Crippen molar-refractivity contribution in [3.8, 4) is 22.1 Å². The standard InChI is InChI=1S/C23H16F3NO2S/c24-23(25,26)14-29-19-10-5-16(6-11-19)2-1-15-3-7-17(8-4-15)22-27-20-12-9-18(28)13-21(20)30-22/h1-13,28H,14H2/b2-1+. The molecule has 3 aromatic carbocycles. The Balaban J connectivity index is 1.43. The number of ether oxygens (including phenoxy) is 1. The summed E-state index contributed by atoms with van der Waals surface area (Å²) in [7, 11) is 0. The van der Waals surface area contributed by atoms with Crippen LogP contribution in [0.5, 0.6) is 11.5 Å². The summed E-state index contributed by atoms with van der Waals surface area (Å²) in [6, 6.07) is 19.4. The summed E-state index contributed by atoms with van der Waals surface area (Å²) < 4.78 is 42.2. The van der Waals surface area contributed by atoms with Crippen molar-refractivity contribution in [2.75, 3.05) is 6.61 Å². The number of nitrogens with zero attached hydrogens (tertiary/aromatic N) is 1. The van der Waals surface area contributed by atoms with E-state index in [4.69, 9.17) is 4.74 Å². The van der Waals surface area contributed by atoms with Crippen LogP contribution in [0.4, 0.5) is 13.2 Å². The molecule has 0 aliphatic rings. The average Bonchev–Trinajstić information content (AvgIpc) is 3.14. The molecule has 3 nitrogen and oxygen atoms in total. The van der Waals surface area contributed by atoms with Gasteiger partial charge >= 0.3 is 6.18 Å². The molecule has 4 aromatic rings. The smallest absolute Gasteiger partial charge is 0.422 e. The van der Waals surface area contributed by atoms with Crippen molar-refractivity contribution in [2.45, 2.75) is 6.18 Å². The zero-order chi connectivity index (χ0) is 21.1. The zero-order valence-corrected chi connectivity index (χ0v) is 16.4. The van der Waals surface area contributed by atoms with Crippen molar-refractivity contribution >= 4 is 33.7 Å². The number of aromatic nitrogens is 1. The van der Waals surface area contributed by atoms with Gasteiger partial charge in [0.1, 0.15) is 16.5 Å². The number of phenolic OH excluding ortho intramolecular Hbond substituents is 1. The second-order valence-electron chi connectivity index (χ2n) is 6.60. The lowest BCUT2D eigenvalue weighted by molar-refractivity contribution is -0.153. The van der Waals surface area contributed by atoms with Gasteiger partial charge in [-0.05, 0) is 41.5 Å². The monoisotopic (exact) mass is 427 g/mol. The van der Waals surface area contributed by atoms with E-state index < -0.39 is 12.8 Å². The summed E-state index contributed by atoms with van der Waals surface area (Å²) in [5.41, 5.74) is 3.66. The molecule has 0 amide bonds. The van der Waals surface area contributed by atoms with Gasteiger partial charge in [-0.15, -0.1) is 11.3 Å². The van der Waals surface area contributed by atoms with Crippen LogP contribution in [-0.4, -0.2) is 22.9 Å². The van der Waals surface area contributed by atoms with E-state index in [0.717, 1.165) is 31.9 Å². The molecule has 1 N–H and O–H groups in total. The molecule has 0 saturated carbocycles. The molecule has 1 heterocycles. The van der Waals surface area contributed by atoms with E-state index in [1.54, 1.807) is 30.3 Å². The second-order valence-corrected chi connectivity index (χ2v) is 7.63. The van der Waals surface area contributed by atoms with Crippen LogP contribution in [0.3, 0.4) is 0 Å². The lowest BCUT2D eigenvalue weighted by Crippen LogP contribution is -2.19. The minimum atomic E-state index is -4.35. The second kappa shape index (κ2) is 8.20. The molecule has 4 rings (SSSR count). The molecule has 0 aliphatic heterocycles. The van der Waals surface area contributed by atoms with Crippen molar-refractivity contribution in [3.63, 3.8) is 0 Å². The Bertz CT molecular complexity index is 1180. The fraction of sp³-hybridized carbons (Fsp3) is 0.0870. The molecule has 1 aromatic heterocycles. The van der Waals surface area contributed by atoms with Gasteiger partial charge in [-0.25, -0.2) is 4.98 Å². The predicted molar refractivity (Wildman–Crippen MR) is 114 cm³/mol. The zero-order valence-electron chi connectivity index (χ0n) is 15.6. The Morgan fingerprint density at radius 1 is 0.900 bits per heavy atom. The first kappa shape index (κ1) is 20.0. The van der Waals surface area contributed by atoms with E-state index in [0.29, 0.717) is 0 Å². The molecule has 152 valence electrons. The van der Waals surface area contributed by atoms with Crippen LogP contribution in [0.25, 0.3) is 32.9 Å². The average molecular weight is 427 g/mol. The molecular weight excluding hydrogens is 411 g/mol. The Kier molecular flexibility index (Phi) is 5.46. The Morgan fingerprint density at radius 2 is 1.53 bits per heavy atom. The minimum absolute atomic E-state index is 0.179. The van der Waals surface area contributed by atoms with E-state index in [2.05, 4.69) is 4.98 Å². The predicted octanol–water partition coefficient (Wildman–Crippen LogP) is 6.78. The largest absolute Gasteiger partial charge is 0.508 e. The van der Waals surface area contributed by atoms with Crippen LogP contribution in [-0.2, 0) is 0 Å². The number of phenols is 1. The molecule has 0 radical (unpaired) electrons. The number of aromatic hydroxyl groups is 1. The van der Waals surface area contributed by atoms with Gasteiger partial charge in [0.2, 0.25) is 0 Å². The maximum atomic E-state index is 12.2. The summed E-state index contributed by atoms with van der Waals surface area (Å²) in [5.74, 6) is 0.399. The minimum Gasteiger partial charge on any atom is -0.508 e. The summed E-state index contributed by atoms with van der Waals surface area (Å²) in [6.45, 7) is -1.30. The third-order valence-corrected chi connectivity index (χ3v) is 5.35. The Labute approximate surface area is 174 Å².